The van der Waals surface area contributed by atoms with Crippen LogP contribution in [0.15, 0.2) is 72.9 Å². The Hall–Kier alpha value is -3.68. The number of halogens is 3. The fourth-order valence-corrected chi connectivity index (χ4v) is 4.44. The van der Waals surface area contributed by atoms with E-state index < -0.39 is 11.7 Å². The van der Waals surface area contributed by atoms with Gasteiger partial charge in [0.05, 0.1) is 5.56 Å². The summed E-state index contributed by atoms with van der Waals surface area (Å²) in [6, 6.07) is 17.7. The zero-order valence-electron chi connectivity index (χ0n) is 17.7. The number of carbonyl (C=O) groups is 1. The van der Waals surface area contributed by atoms with Gasteiger partial charge in [0.25, 0.3) is 5.91 Å². The average Bonchev–Trinajstić information content (AvgIpc) is 3.27. The van der Waals surface area contributed by atoms with E-state index in [4.69, 9.17) is 0 Å². The predicted molar refractivity (Wildman–Crippen MR) is 118 cm³/mol. The van der Waals surface area contributed by atoms with Gasteiger partial charge in [0, 0.05) is 30.8 Å². The maximum absolute atomic E-state index is 13.5. The van der Waals surface area contributed by atoms with E-state index in [0.717, 1.165) is 36.4 Å². The Morgan fingerprint density at radius 2 is 1.70 bits per heavy atom. The second-order valence-corrected chi connectivity index (χ2v) is 8.20. The van der Waals surface area contributed by atoms with Crippen LogP contribution in [0.25, 0.3) is 16.8 Å². The first-order valence-corrected chi connectivity index (χ1v) is 10.8. The van der Waals surface area contributed by atoms with Crippen molar-refractivity contribution in [3.05, 3.63) is 89.9 Å². The molecule has 1 aliphatic heterocycles. The lowest BCUT2D eigenvalue weighted by atomic mass is 9.94. The fourth-order valence-electron chi connectivity index (χ4n) is 4.44. The molecule has 168 valence electrons. The van der Waals surface area contributed by atoms with Gasteiger partial charge in [-0.3, -0.25) is 9.20 Å². The third-order valence-corrected chi connectivity index (χ3v) is 6.09. The summed E-state index contributed by atoms with van der Waals surface area (Å²) < 4.78 is 40.8. The molecular weight excluding hydrogens is 429 g/mol. The highest BCUT2D eigenvalue weighted by molar-refractivity contribution is 6.01. The molecule has 5 nitrogen and oxygen atoms in total. The number of benzene rings is 2. The number of fused-ring (bicyclic) bond motifs is 1. The smallest absolute Gasteiger partial charge is 0.338 e. The second kappa shape index (κ2) is 8.35. The van der Waals surface area contributed by atoms with Gasteiger partial charge in [0.1, 0.15) is 5.82 Å². The van der Waals surface area contributed by atoms with Crippen molar-refractivity contribution in [2.45, 2.75) is 24.9 Å². The van der Waals surface area contributed by atoms with Gasteiger partial charge in [0.15, 0.2) is 5.65 Å². The van der Waals surface area contributed by atoms with Crippen molar-refractivity contribution in [2.75, 3.05) is 13.1 Å². The molecule has 1 fully saturated rings. The van der Waals surface area contributed by atoms with Crippen molar-refractivity contribution in [2.24, 2.45) is 0 Å². The van der Waals surface area contributed by atoms with Crippen molar-refractivity contribution in [1.82, 2.24) is 19.5 Å². The topological polar surface area (TPSA) is 50.5 Å². The van der Waals surface area contributed by atoms with E-state index in [0.29, 0.717) is 29.8 Å². The lowest BCUT2D eigenvalue weighted by Gasteiger charge is -2.32. The molecule has 1 atom stereocenters. The Bertz CT molecular complexity index is 1300. The predicted octanol–water partition coefficient (Wildman–Crippen LogP) is 5.43. The van der Waals surface area contributed by atoms with Crippen LogP contribution in [0.3, 0.4) is 0 Å². The minimum Gasteiger partial charge on any atom is -0.338 e. The van der Waals surface area contributed by atoms with Crippen LogP contribution in [0, 0.1) is 0 Å². The molecule has 2 aromatic carbocycles. The third-order valence-electron chi connectivity index (χ3n) is 6.09. The molecule has 2 aromatic heterocycles. The fraction of sp³-hybridized carbons (Fsp3) is 0.240. The van der Waals surface area contributed by atoms with Crippen LogP contribution >= 0.6 is 0 Å². The molecule has 1 aliphatic rings. The van der Waals surface area contributed by atoms with E-state index in [9.17, 15) is 18.0 Å². The molecule has 1 amide bonds. The van der Waals surface area contributed by atoms with Crippen molar-refractivity contribution >= 4 is 11.6 Å². The number of amides is 1. The van der Waals surface area contributed by atoms with Gasteiger partial charge < -0.3 is 4.90 Å². The largest absolute Gasteiger partial charge is 0.416 e. The van der Waals surface area contributed by atoms with Crippen molar-refractivity contribution in [3.63, 3.8) is 0 Å². The van der Waals surface area contributed by atoms with E-state index in [1.165, 1.54) is 12.1 Å². The van der Waals surface area contributed by atoms with E-state index in [1.807, 2.05) is 28.8 Å². The monoisotopic (exact) mass is 450 g/mol. The summed E-state index contributed by atoms with van der Waals surface area (Å²) in [7, 11) is 0. The Kier molecular flexibility index (Phi) is 5.36. The minimum atomic E-state index is -4.40. The summed E-state index contributed by atoms with van der Waals surface area (Å²) >= 11 is 0. The molecule has 0 N–H and O–H groups in total. The van der Waals surface area contributed by atoms with Crippen LogP contribution in [0.4, 0.5) is 13.2 Å². The van der Waals surface area contributed by atoms with Crippen molar-refractivity contribution in [3.8, 4) is 11.1 Å². The summed E-state index contributed by atoms with van der Waals surface area (Å²) in [4.78, 5) is 15.3. The zero-order chi connectivity index (χ0) is 23.0. The SMILES string of the molecule is O=C(c1ccccc1-c1ccc(C(F)(F)F)cc1)N1CCC[C@H](c2nnc3ccccn23)C1. The van der Waals surface area contributed by atoms with E-state index in [-0.39, 0.29) is 11.8 Å². The van der Waals surface area contributed by atoms with E-state index >= 15 is 0 Å². The Balaban J connectivity index is 1.42. The van der Waals surface area contributed by atoms with Crippen LogP contribution in [0.1, 0.15) is 40.5 Å². The molecule has 0 radical (unpaired) electrons. The molecule has 0 unspecified atom stereocenters. The molecule has 1 saturated heterocycles. The standard InChI is InChI=1S/C25H21F3N4O/c26-25(27,28)19-12-10-17(11-13-19)20-7-1-2-8-21(20)24(33)31-14-5-6-18(16-31)23-30-29-22-9-3-4-15-32(22)23/h1-4,7-13,15,18H,5-6,14,16H2/t18-/m0/s1. The molecule has 0 aliphatic carbocycles. The quantitative estimate of drug-likeness (QED) is 0.418. The van der Waals surface area contributed by atoms with Gasteiger partial charge in [-0.25, -0.2) is 0 Å². The second-order valence-electron chi connectivity index (χ2n) is 8.20. The molecule has 0 bridgehead atoms. The number of piperidine rings is 1. The molecule has 4 aromatic rings. The highest BCUT2D eigenvalue weighted by atomic mass is 19.4. The molecular formula is C25H21F3N4O. The molecule has 0 saturated carbocycles. The average molecular weight is 450 g/mol. The maximum Gasteiger partial charge on any atom is 0.416 e. The Morgan fingerprint density at radius 1 is 0.939 bits per heavy atom. The normalized spacial score (nSPS) is 16.8. The third kappa shape index (κ3) is 4.08. The summed E-state index contributed by atoms with van der Waals surface area (Å²) in [5.74, 6) is 0.751. The minimum absolute atomic E-state index is 0.0540. The highest BCUT2D eigenvalue weighted by Crippen LogP contribution is 2.33. The summed E-state index contributed by atoms with van der Waals surface area (Å²) in [6.07, 6.45) is -0.742. The number of rotatable bonds is 3. The summed E-state index contributed by atoms with van der Waals surface area (Å²) in [6.45, 7) is 1.13. The van der Waals surface area contributed by atoms with Gasteiger partial charge >= 0.3 is 6.18 Å². The van der Waals surface area contributed by atoms with Crippen LogP contribution in [-0.2, 0) is 6.18 Å². The first-order valence-electron chi connectivity index (χ1n) is 10.8. The number of pyridine rings is 1. The van der Waals surface area contributed by atoms with Gasteiger partial charge in [-0.2, -0.15) is 13.2 Å². The Morgan fingerprint density at radius 3 is 2.48 bits per heavy atom. The molecule has 33 heavy (non-hydrogen) atoms. The van der Waals surface area contributed by atoms with Crippen LogP contribution < -0.4 is 0 Å². The summed E-state index contributed by atoms with van der Waals surface area (Å²) in [5.41, 5.74) is 1.72. The number of alkyl halides is 3. The van der Waals surface area contributed by atoms with Gasteiger partial charge in [-0.05, 0) is 54.3 Å². The van der Waals surface area contributed by atoms with Gasteiger partial charge in [-0.1, -0.05) is 36.4 Å². The number of aromatic nitrogens is 3. The van der Waals surface area contributed by atoms with Crippen molar-refractivity contribution < 1.29 is 18.0 Å². The molecule has 0 spiro atoms. The zero-order valence-corrected chi connectivity index (χ0v) is 17.7. The lowest BCUT2D eigenvalue weighted by molar-refractivity contribution is -0.137. The lowest BCUT2D eigenvalue weighted by Crippen LogP contribution is -2.39. The molecule has 3 heterocycles. The van der Waals surface area contributed by atoms with Gasteiger partial charge in [-0.15, -0.1) is 10.2 Å². The molecule has 8 heteroatoms. The van der Waals surface area contributed by atoms with Crippen molar-refractivity contribution in [1.29, 1.82) is 0 Å². The number of carbonyl (C=O) groups excluding carboxylic acids is 1. The van der Waals surface area contributed by atoms with Gasteiger partial charge in [0.2, 0.25) is 0 Å². The first kappa shape index (κ1) is 21.2. The van der Waals surface area contributed by atoms with Crippen LogP contribution in [0.2, 0.25) is 0 Å². The molecule has 5 rings (SSSR count). The number of nitrogens with zero attached hydrogens (tertiary/aromatic N) is 4. The highest BCUT2D eigenvalue weighted by Gasteiger charge is 2.31. The Labute approximate surface area is 188 Å². The van der Waals surface area contributed by atoms with Crippen LogP contribution in [0.5, 0.6) is 0 Å². The first-order chi connectivity index (χ1) is 15.9. The van der Waals surface area contributed by atoms with Crippen LogP contribution in [-0.4, -0.2) is 38.5 Å². The number of hydrogen-bond acceptors (Lipinski definition) is 3. The van der Waals surface area contributed by atoms with E-state index in [1.54, 1.807) is 29.2 Å². The van der Waals surface area contributed by atoms with E-state index in [2.05, 4.69) is 10.2 Å². The maximum atomic E-state index is 13.5. The summed E-state index contributed by atoms with van der Waals surface area (Å²) in [5, 5.41) is 8.59. The number of likely N-dealkylation sites (tertiary alicyclic amines) is 1. The number of hydrogen-bond donors (Lipinski definition) is 0.